The molecular weight excluding hydrogens is 220 g/mol. The van der Waals surface area contributed by atoms with Crippen LogP contribution in [0.3, 0.4) is 0 Å². The molecule has 6 heteroatoms. The van der Waals surface area contributed by atoms with Crippen LogP contribution < -0.4 is 11.1 Å². The fourth-order valence-corrected chi connectivity index (χ4v) is 1.86. The first-order chi connectivity index (χ1) is 7.99. The van der Waals surface area contributed by atoms with E-state index in [1.807, 2.05) is 20.9 Å². The van der Waals surface area contributed by atoms with Gasteiger partial charge in [-0.2, -0.15) is 5.10 Å². The summed E-state index contributed by atoms with van der Waals surface area (Å²) in [7, 11) is 3.46. The number of primary amides is 1. The van der Waals surface area contributed by atoms with Crippen LogP contribution in [-0.4, -0.2) is 35.9 Å². The Bertz CT molecular complexity index is 400. The summed E-state index contributed by atoms with van der Waals surface area (Å²) in [6, 6.07) is -0.515. The third kappa shape index (κ3) is 3.04. The molecule has 1 rings (SSSR count). The van der Waals surface area contributed by atoms with Crippen molar-refractivity contribution in [3.8, 4) is 0 Å². The maximum Gasteiger partial charge on any atom is 0.239 e. The van der Waals surface area contributed by atoms with Crippen LogP contribution >= 0.6 is 0 Å². The molecule has 96 valence electrons. The Hall–Kier alpha value is -1.40. The van der Waals surface area contributed by atoms with Crippen molar-refractivity contribution in [1.29, 1.82) is 0 Å². The van der Waals surface area contributed by atoms with Gasteiger partial charge in [-0.1, -0.05) is 0 Å². The van der Waals surface area contributed by atoms with Crippen molar-refractivity contribution < 1.29 is 9.53 Å². The second kappa shape index (κ2) is 5.79. The second-order valence-corrected chi connectivity index (χ2v) is 3.99. The normalized spacial score (nSPS) is 12.7. The largest absolute Gasteiger partial charge is 0.383 e. The molecule has 0 aromatic carbocycles. The third-order valence-corrected chi connectivity index (χ3v) is 2.79. The molecule has 0 spiro atoms. The van der Waals surface area contributed by atoms with Gasteiger partial charge >= 0.3 is 0 Å². The molecule has 1 aromatic rings. The van der Waals surface area contributed by atoms with E-state index in [2.05, 4.69) is 10.4 Å². The summed E-state index contributed by atoms with van der Waals surface area (Å²) in [6.07, 6.45) is 0. The first-order valence-corrected chi connectivity index (χ1v) is 5.50. The maximum absolute atomic E-state index is 11.5. The first kappa shape index (κ1) is 13.7. The molecule has 1 aromatic heterocycles. The van der Waals surface area contributed by atoms with Crippen LogP contribution in [0.25, 0.3) is 0 Å². The number of ether oxygens (including phenoxy) is 1. The van der Waals surface area contributed by atoms with Crippen molar-refractivity contribution in [2.75, 3.05) is 20.3 Å². The number of nitrogens with zero attached hydrogens (tertiary/aromatic N) is 2. The van der Waals surface area contributed by atoms with E-state index in [0.717, 1.165) is 17.0 Å². The van der Waals surface area contributed by atoms with Crippen molar-refractivity contribution in [2.24, 2.45) is 12.8 Å². The summed E-state index contributed by atoms with van der Waals surface area (Å²) in [4.78, 5) is 11.5. The molecule has 0 saturated heterocycles. The van der Waals surface area contributed by atoms with Crippen molar-refractivity contribution in [3.05, 3.63) is 17.0 Å². The van der Waals surface area contributed by atoms with Crippen LogP contribution in [0.4, 0.5) is 0 Å². The van der Waals surface area contributed by atoms with Gasteiger partial charge in [-0.05, 0) is 13.8 Å². The lowest BCUT2D eigenvalue weighted by atomic mass is 10.0. The van der Waals surface area contributed by atoms with Crippen LogP contribution in [0.15, 0.2) is 0 Å². The highest BCUT2D eigenvalue weighted by molar-refractivity contribution is 5.82. The van der Waals surface area contributed by atoms with Crippen LogP contribution in [0.2, 0.25) is 0 Å². The number of hydrogen-bond donors (Lipinski definition) is 2. The molecule has 0 aliphatic heterocycles. The van der Waals surface area contributed by atoms with Gasteiger partial charge in [-0.15, -0.1) is 0 Å². The van der Waals surface area contributed by atoms with E-state index in [0.29, 0.717) is 13.2 Å². The lowest BCUT2D eigenvalue weighted by molar-refractivity contribution is -0.120. The van der Waals surface area contributed by atoms with Gasteiger partial charge in [0.05, 0.1) is 12.3 Å². The summed E-state index contributed by atoms with van der Waals surface area (Å²) in [5.41, 5.74) is 8.04. The number of carbonyl (C=O) groups is 1. The molecule has 0 fully saturated rings. The third-order valence-electron chi connectivity index (χ3n) is 2.79. The van der Waals surface area contributed by atoms with E-state index >= 15 is 0 Å². The molecule has 0 aliphatic carbocycles. The van der Waals surface area contributed by atoms with Crippen molar-refractivity contribution in [3.63, 3.8) is 0 Å². The zero-order valence-electron chi connectivity index (χ0n) is 10.8. The number of nitrogens with one attached hydrogen (secondary N) is 1. The Morgan fingerprint density at radius 3 is 2.65 bits per heavy atom. The van der Waals surface area contributed by atoms with E-state index < -0.39 is 11.9 Å². The minimum atomic E-state index is -0.515. The standard InChI is InChI=1S/C11H20N4O2/c1-7-9(8(2)15(3)14-7)10(11(12)16)13-5-6-17-4/h10,13H,5-6H2,1-4H3,(H2,12,16). The summed E-state index contributed by atoms with van der Waals surface area (Å²) in [5, 5.41) is 7.36. The molecule has 1 heterocycles. The number of rotatable bonds is 6. The quantitative estimate of drug-likeness (QED) is 0.675. The monoisotopic (exact) mass is 240 g/mol. The number of aromatic nitrogens is 2. The average Bonchev–Trinajstić information content (AvgIpc) is 2.49. The smallest absolute Gasteiger partial charge is 0.239 e. The zero-order valence-corrected chi connectivity index (χ0v) is 10.8. The molecular formula is C11H20N4O2. The molecule has 3 N–H and O–H groups in total. The van der Waals surface area contributed by atoms with E-state index in [9.17, 15) is 4.79 Å². The Kier molecular flexibility index (Phi) is 4.65. The number of nitrogens with two attached hydrogens (primary N) is 1. The van der Waals surface area contributed by atoms with E-state index in [1.165, 1.54) is 0 Å². The molecule has 17 heavy (non-hydrogen) atoms. The van der Waals surface area contributed by atoms with E-state index in [4.69, 9.17) is 10.5 Å². The zero-order chi connectivity index (χ0) is 13.0. The Labute approximate surface area is 101 Å². The summed E-state index contributed by atoms with van der Waals surface area (Å²) in [6.45, 7) is 4.89. The van der Waals surface area contributed by atoms with Crippen LogP contribution in [0, 0.1) is 13.8 Å². The Morgan fingerprint density at radius 1 is 1.59 bits per heavy atom. The number of carbonyl (C=O) groups excluding carboxylic acids is 1. The van der Waals surface area contributed by atoms with Gasteiger partial charge in [0.2, 0.25) is 5.91 Å². The molecule has 0 aliphatic rings. The van der Waals surface area contributed by atoms with Crippen molar-refractivity contribution in [1.82, 2.24) is 15.1 Å². The number of hydrogen-bond acceptors (Lipinski definition) is 4. The Balaban J connectivity index is 2.93. The van der Waals surface area contributed by atoms with Crippen LogP contribution in [0.5, 0.6) is 0 Å². The van der Waals surface area contributed by atoms with E-state index in [1.54, 1.807) is 11.8 Å². The fraction of sp³-hybridized carbons (Fsp3) is 0.636. The first-order valence-electron chi connectivity index (χ1n) is 5.50. The number of amides is 1. The minimum Gasteiger partial charge on any atom is -0.383 e. The highest BCUT2D eigenvalue weighted by Gasteiger charge is 2.24. The highest BCUT2D eigenvalue weighted by Crippen LogP contribution is 2.20. The minimum absolute atomic E-state index is 0.402. The molecule has 0 bridgehead atoms. The molecule has 0 radical (unpaired) electrons. The van der Waals surface area contributed by atoms with Crippen LogP contribution in [-0.2, 0) is 16.6 Å². The summed E-state index contributed by atoms with van der Waals surface area (Å²) < 4.78 is 6.69. The average molecular weight is 240 g/mol. The van der Waals surface area contributed by atoms with Gasteiger partial charge < -0.3 is 10.5 Å². The predicted octanol–water partition coefficient (Wildman–Crippen LogP) is -0.201. The second-order valence-electron chi connectivity index (χ2n) is 3.99. The highest BCUT2D eigenvalue weighted by atomic mass is 16.5. The van der Waals surface area contributed by atoms with Gasteiger partial charge in [0, 0.05) is 32.0 Å². The van der Waals surface area contributed by atoms with Crippen LogP contribution in [0.1, 0.15) is 23.0 Å². The molecule has 1 amide bonds. The lowest BCUT2D eigenvalue weighted by Crippen LogP contribution is -2.36. The SMILES string of the molecule is COCCNC(C(N)=O)c1c(C)nn(C)c1C. The summed E-state index contributed by atoms with van der Waals surface area (Å²) in [5.74, 6) is -0.402. The van der Waals surface area contributed by atoms with Crippen molar-refractivity contribution >= 4 is 5.91 Å². The van der Waals surface area contributed by atoms with Gasteiger partial charge in [0.15, 0.2) is 0 Å². The van der Waals surface area contributed by atoms with Crippen molar-refractivity contribution in [2.45, 2.75) is 19.9 Å². The predicted molar refractivity (Wildman–Crippen MR) is 64.5 cm³/mol. The fourth-order valence-electron chi connectivity index (χ4n) is 1.86. The molecule has 1 atom stereocenters. The molecule has 6 nitrogen and oxygen atoms in total. The van der Waals surface area contributed by atoms with E-state index in [-0.39, 0.29) is 0 Å². The van der Waals surface area contributed by atoms with Gasteiger partial charge in [-0.25, -0.2) is 0 Å². The number of aryl methyl sites for hydroxylation is 2. The summed E-state index contributed by atoms with van der Waals surface area (Å²) >= 11 is 0. The van der Waals surface area contributed by atoms with Gasteiger partial charge in [0.1, 0.15) is 6.04 Å². The van der Waals surface area contributed by atoms with Gasteiger partial charge in [0.25, 0.3) is 0 Å². The number of methoxy groups -OCH3 is 1. The molecule has 0 saturated carbocycles. The molecule has 1 unspecified atom stereocenters. The topological polar surface area (TPSA) is 82.2 Å². The Morgan fingerprint density at radius 2 is 2.24 bits per heavy atom. The lowest BCUT2D eigenvalue weighted by Gasteiger charge is -2.16. The maximum atomic E-state index is 11.5. The van der Waals surface area contributed by atoms with Gasteiger partial charge in [-0.3, -0.25) is 14.8 Å².